The molecule has 0 unspecified atom stereocenters. The Morgan fingerprint density at radius 3 is 2.61 bits per heavy atom. The second-order valence-electron chi connectivity index (χ2n) is 6.43. The molecule has 1 aliphatic rings. The SMILES string of the molecule is CCN1C(=O)c2cccc3c(NC(=O)c4ccc(OC)cc4OC)ccc1c23. The van der Waals surface area contributed by atoms with Crippen molar-refractivity contribution in [1.82, 2.24) is 0 Å². The molecule has 0 radical (unpaired) electrons. The summed E-state index contributed by atoms with van der Waals surface area (Å²) in [6.07, 6.45) is 0. The lowest BCUT2D eigenvalue weighted by Crippen LogP contribution is -2.25. The summed E-state index contributed by atoms with van der Waals surface area (Å²) in [5, 5.41) is 4.66. The summed E-state index contributed by atoms with van der Waals surface area (Å²) in [5.41, 5.74) is 2.58. The molecule has 0 aliphatic carbocycles. The minimum absolute atomic E-state index is 0.0107. The van der Waals surface area contributed by atoms with Crippen LogP contribution in [0.25, 0.3) is 10.8 Å². The summed E-state index contributed by atoms with van der Waals surface area (Å²) in [7, 11) is 3.07. The number of benzene rings is 3. The van der Waals surface area contributed by atoms with Crippen LogP contribution in [-0.4, -0.2) is 32.6 Å². The van der Waals surface area contributed by atoms with E-state index in [-0.39, 0.29) is 11.8 Å². The van der Waals surface area contributed by atoms with Gasteiger partial charge in [0.15, 0.2) is 0 Å². The van der Waals surface area contributed by atoms with Gasteiger partial charge in [-0.2, -0.15) is 0 Å². The third-order valence-electron chi connectivity index (χ3n) is 5.00. The molecule has 28 heavy (non-hydrogen) atoms. The van der Waals surface area contributed by atoms with Crippen LogP contribution in [0.4, 0.5) is 11.4 Å². The Bertz CT molecular complexity index is 1110. The van der Waals surface area contributed by atoms with Crippen LogP contribution in [0.3, 0.4) is 0 Å². The average molecular weight is 376 g/mol. The topological polar surface area (TPSA) is 67.9 Å². The van der Waals surface area contributed by atoms with Crippen LogP contribution in [-0.2, 0) is 0 Å². The van der Waals surface area contributed by atoms with Gasteiger partial charge in [0.05, 0.1) is 25.5 Å². The van der Waals surface area contributed by atoms with Crippen LogP contribution in [0.2, 0.25) is 0 Å². The number of carbonyl (C=O) groups excluding carboxylic acids is 2. The largest absolute Gasteiger partial charge is 0.497 e. The quantitative estimate of drug-likeness (QED) is 0.728. The van der Waals surface area contributed by atoms with Crippen molar-refractivity contribution in [2.45, 2.75) is 6.92 Å². The molecule has 3 aromatic carbocycles. The standard InChI is InChI=1S/C22H20N2O4/c1-4-24-18-11-10-17(14-6-5-7-16(20(14)18)22(24)26)23-21(25)15-9-8-13(27-2)12-19(15)28-3/h5-12H,4H2,1-3H3,(H,23,25). The van der Waals surface area contributed by atoms with Crippen molar-refractivity contribution < 1.29 is 19.1 Å². The van der Waals surface area contributed by atoms with E-state index in [1.54, 1.807) is 30.2 Å². The summed E-state index contributed by atoms with van der Waals surface area (Å²) >= 11 is 0. The fourth-order valence-corrected chi connectivity index (χ4v) is 3.64. The Balaban J connectivity index is 1.75. The first-order chi connectivity index (χ1) is 13.6. The van der Waals surface area contributed by atoms with Gasteiger partial charge in [0.25, 0.3) is 11.8 Å². The monoisotopic (exact) mass is 376 g/mol. The molecule has 0 fully saturated rings. The molecule has 2 amide bonds. The number of carbonyl (C=O) groups is 2. The molecule has 0 saturated carbocycles. The Morgan fingerprint density at radius 2 is 1.89 bits per heavy atom. The zero-order valence-corrected chi connectivity index (χ0v) is 15.9. The Kier molecular flexibility index (Phi) is 4.39. The van der Waals surface area contributed by atoms with Gasteiger partial charge in [0.2, 0.25) is 0 Å². The Morgan fingerprint density at radius 1 is 1.07 bits per heavy atom. The summed E-state index contributed by atoms with van der Waals surface area (Å²) < 4.78 is 10.5. The van der Waals surface area contributed by atoms with Gasteiger partial charge >= 0.3 is 0 Å². The zero-order chi connectivity index (χ0) is 19.8. The van der Waals surface area contributed by atoms with Gasteiger partial charge < -0.3 is 19.7 Å². The second kappa shape index (κ2) is 6.88. The predicted molar refractivity (Wildman–Crippen MR) is 109 cm³/mol. The van der Waals surface area contributed by atoms with E-state index in [1.165, 1.54) is 7.11 Å². The number of ether oxygens (including phenoxy) is 2. The number of rotatable bonds is 5. The van der Waals surface area contributed by atoms with E-state index in [9.17, 15) is 9.59 Å². The lowest BCUT2D eigenvalue weighted by molar-refractivity contribution is 0.0992. The third-order valence-corrected chi connectivity index (χ3v) is 5.00. The van der Waals surface area contributed by atoms with Crippen LogP contribution in [0.5, 0.6) is 11.5 Å². The first kappa shape index (κ1) is 17.9. The van der Waals surface area contributed by atoms with E-state index >= 15 is 0 Å². The highest BCUT2D eigenvalue weighted by Gasteiger charge is 2.29. The molecule has 3 aromatic rings. The molecule has 4 rings (SSSR count). The van der Waals surface area contributed by atoms with Crippen molar-refractivity contribution in [3.63, 3.8) is 0 Å². The number of nitrogens with one attached hydrogen (secondary N) is 1. The number of hydrogen-bond acceptors (Lipinski definition) is 4. The molecule has 0 atom stereocenters. The first-order valence-corrected chi connectivity index (χ1v) is 9.00. The van der Waals surface area contributed by atoms with Crippen molar-refractivity contribution in [3.05, 3.63) is 59.7 Å². The second-order valence-corrected chi connectivity index (χ2v) is 6.43. The number of amides is 2. The maximum atomic E-state index is 12.9. The number of nitrogens with zero attached hydrogens (tertiary/aromatic N) is 1. The van der Waals surface area contributed by atoms with Crippen LogP contribution in [0.15, 0.2) is 48.5 Å². The first-order valence-electron chi connectivity index (χ1n) is 9.00. The summed E-state index contributed by atoms with van der Waals surface area (Å²) in [6, 6.07) is 14.3. The number of anilines is 2. The molecule has 6 heteroatoms. The van der Waals surface area contributed by atoms with Gasteiger partial charge in [0, 0.05) is 34.6 Å². The normalized spacial score (nSPS) is 12.4. The average Bonchev–Trinajstić information content (AvgIpc) is 3.01. The molecule has 0 bridgehead atoms. The highest BCUT2D eigenvalue weighted by molar-refractivity contribution is 6.27. The van der Waals surface area contributed by atoms with E-state index in [4.69, 9.17) is 9.47 Å². The molecule has 0 spiro atoms. The molecular formula is C22H20N2O4. The van der Waals surface area contributed by atoms with Gasteiger partial charge in [-0.05, 0) is 37.3 Å². The van der Waals surface area contributed by atoms with E-state index in [2.05, 4.69) is 5.32 Å². The van der Waals surface area contributed by atoms with Crippen molar-refractivity contribution in [3.8, 4) is 11.5 Å². The molecule has 0 saturated heterocycles. The molecule has 1 aliphatic heterocycles. The highest BCUT2D eigenvalue weighted by Crippen LogP contribution is 2.40. The molecule has 0 aromatic heterocycles. The Labute approximate surface area is 162 Å². The summed E-state index contributed by atoms with van der Waals surface area (Å²) in [6.45, 7) is 2.54. The highest BCUT2D eigenvalue weighted by atomic mass is 16.5. The Hall–Kier alpha value is -3.54. The molecule has 142 valence electrons. The molecular weight excluding hydrogens is 356 g/mol. The number of methoxy groups -OCH3 is 2. The lowest BCUT2D eigenvalue weighted by Gasteiger charge is -2.16. The lowest BCUT2D eigenvalue weighted by atomic mass is 10.0. The molecule has 1 heterocycles. The number of hydrogen-bond donors (Lipinski definition) is 1. The van der Waals surface area contributed by atoms with Gasteiger partial charge in [-0.3, -0.25) is 9.59 Å². The third kappa shape index (κ3) is 2.65. The predicted octanol–water partition coefficient (Wildman–Crippen LogP) is 4.09. The maximum Gasteiger partial charge on any atom is 0.259 e. The van der Waals surface area contributed by atoms with Gasteiger partial charge in [-0.25, -0.2) is 0 Å². The molecule has 1 N–H and O–H groups in total. The van der Waals surface area contributed by atoms with Crippen molar-refractivity contribution >= 4 is 34.0 Å². The summed E-state index contributed by atoms with van der Waals surface area (Å²) in [4.78, 5) is 27.3. The van der Waals surface area contributed by atoms with E-state index < -0.39 is 0 Å². The van der Waals surface area contributed by atoms with Crippen LogP contribution < -0.4 is 19.7 Å². The fourth-order valence-electron chi connectivity index (χ4n) is 3.64. The van der Waals surface area contributed by atoms with E-state index in [0.29, 0.717) is 34.9 Å². The van der Waals surface area contributed by atoms with Crippen LogP contribution in [0, 0.1) is 0 Å². The smallest absolute Gasteiger partial charge is 0.259 e. The van der Waals surface area contributed by atoms with Crippen LogP contribution in [0.1, 0.15) is 27.6 Å². The fraction of sp³-hybridized carbons (Fsp3) is 0.182. The van der Waals surface area contributed by atoms with E-state index in [0.717, 1.165) is 16.5 Å². The van der Waals surface area contributed by atoms with Gasteiger partial charge in [-0.15, -0.1) is 0 Å². The maximum absolute atomic E-state index is 12.9. The zero-order valence-electron chi connectivity index (χ0n) is 15.9. The van der Waals surface area contributed by atoms with E-state index in [1.807, 2.05) is 37.3 Å². The van der Waals surface area contributed by atoms with Crippen molar-refractivity contribution in [2.75, 3.05) is 31.0 Å². The molecule has 6 nitrogen and oxygen atoms in total. The van der Waals surface area contributed by atoms with Gasteiger partial charge in [-0.1, -0.05) is 12.1 Å². The van der Waals surface area contributed by atoms with Gasteiger partial charge in [0.1, 0.15) is 11.5 Å². The summed E-state index contributed by atoms with van der Waals surface area (Å²) in [5.74, 6) is 0.729. The van der Waals surface area contributed by atoms with Crippen LogP contribution >= 0.6 is 0 Å². The minimum atomic E-state index is -0.295. The van der Waals surface area contributed by atoms with Crippen molar-refractivity contribution in [2.24, 2.45) is 0 Å². The van der Waals surface area contributed by atoms with Crippen molar-refractivity contribution in [1.29, 1.82) is 0 Å². The minimum Gasteiger partial charge on any atom is -0.497 e.